The van der Waals surface area contributed by atoms with Crippen molar-refractivity contribution in [2.75, 3.05) is 36.8 Å². The summed E-state index contributed by atoms with van der Waals surface area (Å²) in [5, 5.41) is 0. The van der Waals surface area contributed by atoms with E-state index in [2.05, 4.69) is 14.8 Å². The summed E-state index contributed by atoms with van der Waals surface area (Å²) in [5.41, 5.74) is 6.71. The number of hydrogen-bond acceptors (Lipinski definition) is 4. The van der Waals surface area contributed by atoms with E-state index >= 15 is 0 Å². The molecule has 2 N–H and O–H groups in total. The summed E-state index contributed by atoms with van der Waals surface area (Å²) in [6.45, 7) is 3.40. The van der Waals surface area contributed by atoms with Crippen LogP contribution in [0, 0.1) is 5.92 Å². The Kier molecular flexibility index (Phi) is 4.27. The smallest absolute Gasteiger partial charge is 0.225 e. The summed E-state index contributed by atoms with van der Waals surface area (Å²) in [6, 6.07) is 3.83. The Balaban J connectivity index is 1.54. The maximum Gasteiger partial charge on any atom is 0.225 e. The van der Waals surface area contributed by atoms with E-state index in [1.165, 1.54) is 19.3 Å². The number of nitrogens with zero attached hydrogens (tertiary/aromatic N) is 3. The van der Waals surface area contributed by atoms with Gasteiger partial charge in [-0.25, -0.2) is 4.98 Å². The van der Waals surface area contributed by atoms with E-state index in [-0.39, 0.29) is 5.92 Å². The van der Waals surface area contributed by atoms with E-state index < -0.39 is 0 Å². The fraction of sp³-hybridized carbons (Fsp3) is 0.625. The molecule has 1 amide bonds. The van der Waals surface area contributed by atoms with Crippen LogP contribution in [0.4, 0.5) is 11.5 Å². The zero-order valence-electron chi connectivity index (χ0n) is 12.5. The highest BCUT2D eigenvalue weighted by Crippen LogP contribution is 2.26. The summed E-state index contributed by atoms with van der Waals surface area (Å²) >= 11 is 0. The number of amides is 1. The minimum Gasteiger partial charge on any atom is -0.384 e. The fourth-order valence-electron chi connectivity index (χ4n) is 3.38. The quantitative estimate of drug-likeness (QED) is 0.902. The van der Waals surface area contributed by atoms with Gasteiger partial charge >= 0.3 is 0 Å². The summed E-state index contributed by atoms with van der Waals surface area (Å²) in [4.78, 5) is 21.0. The molecule has 5 nitrogen and oxygen atoms in total. The highest BCUT2D eigenvalue weighted by atomic mass is 16.2. The van der Waals surface area contributed by atoms with E-state index in [0.29, 0.717) is 11.7 Å². The van der Waals surface area contributed by atoms with E-state index in [4.69, 9.17) is 5.73 Å². The first-order chi connectivity index (χ1) is 10.2. The van der Waals surface area contributed by atoms with Crippen LogP contribution in [0.2, 0.25) is 0 Å². The van der Waals surface area contributed by atoms with Crippen molar-refractivity contribution in [3.05, 3.63) is 18.3 Å². The number of rotatable bonds is 2. The first-order valence-electron chi connectivity index (χ1n) is 7.99. The van der Waals surface area contributed by atoms with Gasteiger partial charge in [-0.2, -0.15) is 0 Å². The number of carbonyl (C=O) groups excluding carboxylic acids is 1. The van der Waals surface area contributed by atoms with E-state index in [1.54, 1.807) is 0 Å². The van der Waals surface area contributed by atoms with Gasteiger partial charge in [0, 0.05) is 32.1 Å². The Morgan fingerprint density at radius 3 is 2.43 bits per heavy atom. The van der Waals surface area contributed by atoms with Gasteiger partial charge < -0.3 is 15.5 Å². The van der Waals surface area contributed by atoms with Gasteiger partial charge in [0.15, 0.2) is 0 Å². The second kappa shape index (κ2) is 6.33. The largest absolute Gasteiger partial charge is 0.384 e. The standard InChI is InChI=1S/C16H24N4O/c17-15-7-6-14(12-18-15)19-8-10-20(11-9-19)16(21)13-4-2-1-3-5-13/h6-7,12-13H,1-5,8-11H2,(H2,17,18). The predicted molar refractivity (Wildman–Crippen MR) is 84.0 cm³/mol. The van der Waals surface area contributed by atoms with Gasteiger partial charge in [-0.1, -0.05) is 19.3 Å². The molecule has 2 heterocycles. The third kappa shape index (κ3) is 3.28. The normalized spacial score (nSPS) is 20.6. The Hall–Kier alpha value is -1.78. The molecule has 0 unspecified atom stereocenters. The molecule has 1 aromatic heterocycles. The molecule has 0 aromatic carbocycles. The minimum absolute atomic E-state index is 0.281. The van der Waals surface area contributed by atoms with Crippen LogP contribution in [-0.2, 0) is 4.79 Å². The average Bonchev–Trinajstić information content (AvgIpc) is 2.56. The summed E-state index contributed by atoms with van der Waals surface area (Å²) in [5.74, 6) is 1.21. The Morgan fingerprint density at radius 2 is 1.81 bits per heavy atom. The van der Waals surface area contributed by atoms with Crippen LogP contribution in [0.1, 0.15) is 32.1 Å². The van der Waals surface area contributed by atoms with Crippen LogP contribution in [0.15, 0.2) is 18.3 Å². The molecule has 1 aromatic rings. The van der Waals surface area contributed by atoms with Crippen LogP contribution in [-0.4, -0.2) is 42.0 Å². The second-order valence-electron chi connectivity index (χ2n) is 6.09. The molecule has 0 radical (unpaired) electrons. The molecular weight excluding hydrogens is 264 g/mol. The van der Waals surface area contributed by atoms with E-state index in [1.807, 2.05) is 18.3 Å². The molecule has 21 heavy (non-hydrogen) atoms. The Labute approximate surface area is 126 Å². The Bertz CT molecular complexity index is 474. The maximum atomic E-state index is 12.5. The molecule has 2 fully saturated rings. The third-order valence-corrected chi connectivity index (χ3v) is 4.68. The zero-order valence-corrected chi connectivity index (χ0v) is 12.5. The lowest BCUT2D eigenvalue weighted by Gasteiger charge is -2.38. The molecular formula is C16H24N4O. The van der Waals surface area contributed by atoms with Gasteiger partial charge in [-0.3, -0.25) is 4.79 Å². The van der Waals surface area contributed by atoms with Gasteiger partial charge in [-0.15, -0.1) is 0 Å². The number of carbonyl (C=O) groups is 1. The topological polar surface area (TPSA) is 62.5 Å². The lowest BCUT2D eigenvalue weighted by molar-refractivity contribution is -0.136. The van der Waals surface area contributed by atoms with Crippen molar-refractivity contribution in [1.29, 1.82) is 0 Å². The zero-order chi connectivity index (χ0) is 14.7. The van der Waals surface area contributed by atoms with Crippen molar-refractivity contribution < 1.29 is 4.79 Å². The van der Waals surface area contributed by atoms with Gasteiger partial charge in [0.25, 0.3) is 0 Å². The number of piperazine rings is 1. The molecule has 5 heteroatoms. The number of nitrogens with two attached hydrogens (primary N) is 1. The number of pyridine rings is 1. The van der Waals surface area contributed by atoms with Crippen LogP contribution in [0.25, 0.3) is 0 Å². The second-order valence-corrected chi connectivity index (χ2v) is 6.09. The van der Waals surface area contributed by atoms with Crippen molar-refractivity contribution in [1.82, 2.24) is 9.88 Å². The molecule has 3 rings (SSSR count). The first kappa shape index (κ1) is 14.2. The van der Waals surface area contributed by atoms with Gasteiger partial charge in [0.05, 0.1) is 11.9 Å². The number of anilines is 2. The van der Waals surface area contributed by atoms with Gasteiger partial charge in [-0.05, 0) is 25.0 Å². The molecule has 1 aliphatic heterocycles. The summed E-state index contributed by atoms with van der Waals surface area (Å²) in [7, 11) is 0. The lowest BCUT2D eigenvalue weighted by Crippen LogP contribution is -2.50. The minimum atomic E-state index is 0.281. The molecule has 114 valence electrons. The van der Waals surface area contributed by atoms with Gasteiger partial charge in [0.1, 0.15) is 5.82 Å². The summed E-state index contributed by atoms with van der Waals surface area (Å²) < 4.78 is 0. The molecule has 0 spiro atoms. The lowest BCUT2D eigenvalue weighted by atomic mass is 9.88. The number of aromatic nitrogens is 1. The molecule has 2 aliphatic rings. The molecule has 1 saturated heterocycles. The predicted octanol–water partition coefficient (Wildman–Crippen LogP) is 1.89. The van der Waals surface area contributed by atoms with Crippen LogP contribution >= 0.6 is 0 Å². The van der Waals surface area contributed by atoms with Crippen molar-refractivity contribution in [2.45, 2.75) is 32.1 Å². The monoisotopic (exact) mass is 288 g/mol. The number of hydrogen-bond donors (Lipinski definition) is 1. The fourth-order valence-corrected chi connectivity index (χ4v) is 3.38. The SMILES string of the molecule is Nc1ccc(N2CCN(C(=O)C3CCCCC3)CC2)cn1. The number of nitrogen functional groups attached to an aromatic ring is 1. The maximum absolute atomic E-state index is 12.5. The Morgan fingerprint density at radius 1 is 1.10 bits per heavy atom. The van der Waals surface area contributed by atoms with Crippen molar-refractivity contribution in [3.63, 3.8) is 0 Å². The van der Waals surface area contributed by atoms with Crippen LogP contribution in [0.3, 0.4) is 0 Å². The van der Waals surface area contributed by atoms with E-state index in [0.717, 1.165) is 44.7 Å². The first-order valence-corrected chi connectivity index (χ1v) is 7.99. The molecule has 0 bridgehead atoms. The van der Waals surface area contributed by atoms with E-state index in [9.17, 15) is 4.79 Å². The van der Waals surface area contributed by atoms with Crippen LogP contribution in [0.5, 0.6) is 0 Å². The van der Waals surface area contributed by atoms with Gasteiger partial charge in [0.2, 0.25) is 5.91 Å². The van der Waals surface area contributed by atoms with Crippen molar-refractivity contribution in [2.24, 2.45) is 5.92 Å². The van der Waals surface area contributed by atoms with Crippen LogP contribution < -0.4 is 10.6 Å². The summed E-state index contributed by atoms with van der Waals surface area (Å²) in [6.07, 6.45) is 7.71. The molecule has 0 atom stereocenters. The molecule has 1 saturated carbocycles. The highest BCUT2D eigenvalue weighted by molar-refractivity contribution is 5.79. The van der Waals surface area contributed by atoms with Crippen molar-refractivity contribution >= 4 is 17.4 Å². The third-order valence-electron chi connectivity index (χ3n) is 4.68. The highest BCUT2D eigenvalue weighted by Gasteiger charge is 2.28. The van der Waals surface area contributed by atoms with Crippen molar-refractivity contribution in [3.8, 4) is 0 Å². The average molecular weight is 288 g/mol. The molecule has 1 aliphatic carbocycles.